The molecule has 1 aromatic carbocycles. The number of fused-ring (bicyclic) bond motifs is 3. The average Bonchev–Trinajstić information content (AvgIpc) is 3.05. The second kappa shape index (κ2) is 7.98. The van der Waals surface area contributed by atoms with Crippen LogP contribution in [0.4, 0.5) is 0 Å². The highest BCUT2D eigenvalue weighted by atomic mass is 16.5. The lowest BCUT2D eigenvalue weighted by molar-refractivity contribution is -0.0863. The quantitative estimate of drug-likeness (QED) is 0.760. The van der Waals surface area contributed by atoms with Gasteiger partial charge in [-0.05, 0) is 31.9 Å². The van der Waals surface area contributed by atoms with Gasteiger partial charge in [0, 0.05) is 17.5 Å². The first-order chi connectivity index (χ1) is 13.2. The number of morpholine rings is 1. The summed E-state index contributed by atoms with van der Waals surface area (Å²) in [4.78, 5) is 14.5. The summed E-state index contributed by atoms with van der Waals surface area (Å²) in [6, 6.07) is 9.06. The first-order valence-electron chi connectivity index (χ1n) is 10.3. The molecule has 2 saturated heterocycles. The minimum atomic E-state index is -0.457. The molecule has 0 radical (unpaired) electrons. The van der Waals surface area contributed by atoms with E-state index in [-0.39, 0.29) is 6.04 Å². The number of carbonyl (C=O) groups is 1. The molecular formula is C21H30N4O2. The summed E-state index contributed by atoms with van der Waals surface area (Å²) in [7, 11) is 0. The number of piperidine rings is 1. The van der Waals surface area contributed by atoms with E-state index in [1.54, 1.807) is 0 Å². The molecule has 4 rings (SSSR count). The van der Waals surface area contributed by atoms with Crippen LogP contribution >= 0.6 is 0 Å². The Morgan fingerprint density at radius 2 is 1.89 bits per heavy atom. The van der Waals surface area contributed by atoms with Gasteiger partial charge in [0.25, 0.3) is 5.91 Å². The zero-order valence-electron chi connectivity index (χ0n) is 16.1. The fourth-order valence-corrected chi connectivity index (χ4v) is 4.80. The van der Waals surface area contributed by atoms with Crippen LogP contribution in [0.3, 0.4) is 0 Å². The highest BCUT2D eigenvalue weighted by Crippen LogP contribution is 2.36. The molecule has 2 aliphatic rings. The molecule has 2 bridgehead atoms. The highest BCUT2D eigenvalue weighted by molar-refractivity contribution is 6.04. The number of ether oxygens (including phenoxy) is 1. The van der Waals surface area contributed by atoms with Gasteiger partial charge in [-0.2, -0.15) is 5.10 Å². The second-order valence-electron chi connectivity index (χ2n) is 7.94. The van der Waals surface area contributed by atoms with Gasteiger partial charge in [-0.1, -0.05) is 44.4 Å². The summed E-state index contributed by atoms with van der Waals surface area (Å²) in [6.45, 7) is 5.01. The lowest BCUT2D eigenvalue weighted by Crippen LogP contribution is -2.57. The average molecular weight is 370 g/mol. The normalized spacial score (nSPS) is 25.7. The van der Waals surface area contributed by atoms with Crippen LogP contribution in [0.1, 0.15) is 62.0 Å². The number of amides is 1. The summed E-state index contributed by atoms with van der Waals surface area (Å²) in [5.74, 6) is -0.457. The maximum atomic E-state index is 11.8. The van der Waals surface area contributed by atoms with E-state index in [2.05, 4.69) is 21.6 Å². The number of benzene rings is 1. The minimum absolute atomic E-state index is 0.286. The SMILES string of the molecule is CCCCCCN1C2COCC1CC(n1nc(C(N)=O)c3ccccc31)C2. The molecule has 2 unspecified atom stereocenters. The maximum absolute atomic E-state index is 11.8. The van der Waals surface area contributed by atoms with E-state index in [1.807, 2.05) is 24.3 Å². The van der Waals surface area contributed by atoms with Crippen molar-refractivity contribution in [2.45, 2.75) is 63.6 Å². The van der Waals surface area contributed by atoms with Crippen LogP contribution in [0.15, 0.2) is 24.3 Å². The molecule has 1 aromatic heterocycles. The van der Waals surface area contributed by atoms with Gasteiger partial charge in [0.05, 0.1) is 24.8 Å². The maximum Gasteiger partial charge on any atom is 0.269 e. The number of primary amides is 1. The highest BCUT2D eigenvalue weighted by Gasteiger charge is 2.40. The molecule has 6 heteroatoms. The largest absolute Gasteiger partial charge is 0.378 e. The Bertz CT molecular complexity index is 789. The van der Waals surface area contributed by atoms with Crippen LogP contribution in [0.25, 0.3) is 10.9 Å². The Morgan fingerprint density at radius 3 is 2.59 bits per heavy atom. The molecular weight excluding hydrogens is 340 g/mol. The summed E-state index contributed by atoms with van der Waals surface area (Å²) in [5, 5.41) is 5.49. The number of nitrogens with two attached hydrogens (primary N) is 1. The first kappa shape index (κ1) is 18.4. The van der Waals surface area contributed by atoms with Crippen LogP contribution in [0.2, 0.25) is 0 Å². The van der Waals surface area contributed by atoms with Gasteiger partial charge in [0.2, 0.25) is 0 Å². The van der Waals surface area contributed by atoms with E-state index < -0.39 is 5.91 Å². The Labute approximate surface area is 160 Å². The lowest BCUT2D eigenvalue weighted by atomic mass is 9.89. The number of para-hydroxylation sites is 1. The van der Waals surface area contributed by atoms with Gasteiger partial charge in [-0.15, -0.1) is 0 Å². The van der Waals surface area contributed by atoms with Crippen molar-refractivity contribution in [3.05, 3.63) is 30.0 Å². The smallest absolute Gasteiger partial charge is 0.269 e. The number of unbranched alkanes of at least 4 members (excludes halogenated alkanes) is 3. The monoisotopic (exact) mass is 370 g/mol. The molecule has 2 fully saturated rings. The van der Waals surface area contributed by atoms with Crippen molar-refractivity contribution in [2.75, 3.05) is 19.8 Å². The molecule has 3 heterocycles. The molecule has 2 atom stereocenters. The van der Waals surface area contributed by atoms with Crippen molar-refractivity contribution >= 4 is 16.8 Å². The van der Waals surface area contributed by atoms with Crippen LogP contribution in [0, 0.1) is 0 Å². The number of carbonyl (C=O) groups excluding carboxylic acids is 1. The molecule has 0 spiro atoms. The number of nitrogens with zero attached hydrogens (tertiary/aromatic N) is 3. The molecule has 1 amide bonds. The van der Waals surface area contributed by atoms with Gasteiger partial charge >= 0.3 is 0 Å². The van der Waals surface area contributed by atoms with Gasteiger partial charge < -0.3 is 10.5 Å². The van der Waals surface area contributed by atoms with E-state index in [0.717, 1.165) is 43.5 Å². The Kier molecular flexibility index (Phi) is 5.45. The fraction of sp³-hybridized carbons (Fsp3) is 0.619. The van der Waals surface area contributed by atoms with E-state index >= 15 is 0 Å². The molecule has 0 saturated carbocycles. The molecule has 146 valence electrons. The first-order valence-corrected chi connectivity index (χ1v) is 10.3. The fourth-order valence-electron chi connectivity index (χ4n) is 4.80. The van der Waals surface area contributed by atoms with Crippen molar-refractivity contribution in [2.24, 2.45) is 5.73 Å². The van der Waals surface area contributed by atoms with Crippen LogP contribution in [-0.4, -0.2) is 52.4 Å². The van der Waals surface area contributed by atoms with Crippen molar-refractivity contribution in [3.63, 3.8) is 0 Å². The number of rotatable bonds is 7. The van der Waals surface area contributed by atoms with Gasteiger partial charge in [-0.25, -0.2) is 0 Å². The Balaban J connectivity index is 1.55. The third-order valence-corrected chi connectivity index (χ3v) is 6.11. The summed E-state index contributed by atoms with van der Waals surface area (Å²) in [5.41, 5.74) is 6.96. The predicted molar refractivity (Wildman–Crippen MR) is 106 cm³/mol. The van der Waals surface area contributed by atoms with Crippen molar-refractivity contribution < 1.29 is 9.53 Å². The van der Waals surface area contributed by atoms with Crippen molar-refractivity contribution in [1.82, 2.24) is 14.7 Å². The Morgan fingerprint density at radius 1 is 1.15 bits per heavy atom. The van der Waals surface area contributed by atoms with Crippen molar-refractivity contribution in [3.8, 4) is 0 Å². The number of hydrogen-bond acceptors (Lipinski definition) is 4. The number of hydrogen-bond donors (Lipinski definition) is 1. The molecule has 2 aliphatic heterocycles. The van der Waals surface area contributed by atoms with Crippen LogP contribution in [0.5, 0.6) is 0 Å². The third-order valence-electron chi connectivity index (χ3n) is 6.11. The topological polar surface area (TPSA) is 73.4 Å². The molecule has 2 N–H and O–H groups in total. The van der Waals surface area contributed by atoms with Crippen LogP contribution in [-0.2, 0) is 4.74 Å². The van der Waals surface area contributed by atoms with Gasteiger partial charge in [-0.3, -0.25) is 14.4 Å². The van der Waals surface area contributed by atoms with Gasteiger partial charge in [0.1, 0.15) is 0 Å². The molecule has 27 heavy (non-hydrogen) atoms. The van der Waals surface area contributed by atoms with Gasteiger partial charge in [0.15, 0.2) is 5.69 Å². The zero-order valence-corrected chi connectivity index (χ0v) is 16.1. The lowest BCUT2D eigenvalue weighted by Gasteiger charge is -2.48. The molecule has 2 aromatic rings. The predicted octanol–water partition coefficient (Wildman–Crippen LogP) is 3.12. The number of aromatic nitrogens is 2. The summed E-state index contributed by atoms with van der Waals surface area (Å²) >= 11 is 0. The van der Waals surface area contributed by atoms with E-state index in [4.69, 9.17) is 10.5 Å². The van der Waals surface area contributed by atoms with E-state index in [1.165, 1.54) is 25.7 Å². The molecule has 0 aliphatic carbocycles. The van der Waals surface area contributed by atoms with E-state index in [0.29, 0.717) is 17.8 Å². The Hall–Kier alpha value is -1.92. The standard InChI is InChI=1S/C21H30N4O2/c1-2-3-4-7-10-24-16-11-15(12-17(24)14-27-13-16)25-19-9-6-5-8-18(19)20(23-25)21(22)26/h5-6,8-9,15-17H,2-4,7,10-14H2,1H3,(H2,22,26). The zero-order chi connectivity index (χ0) is 18.8. The second-order valence-corrected chi connectivity index (χ2v) is 7.94. The van der Waals surface area contributed by atoms with E-state index in [9.17, 15) is 4.79 Å². The summed E-state index contributed by atoms with van der Waals surface area (Å²) < 4.78 is 7.91. The summed E-state index contributed by atoms with van der Waals surface area (Å²) in [6.07, 6.45) is 7.18. The van der Waals surface area contributed by atoms with Crippen molar-refractivity contribution in [1.29, 1.82) is 0 Å². The third kappa shape index (κ3) is 3.60. The molecule has 6 nitrogen and oxygen atoms in total. The van der Waals surface area contributed by atoms with Crippen LogP contribution < -0.4 is 5.73 Å². The minimum Gasteiger partial charge on any atom is -0.378 e.